The third kappa shape index (κ3) is 4.77. The van der Waals surface area contributed by atoms with Crippen LogP contribution in [0.25, 0.3) is 10.2 Å². The van der Waals surface area contributed by atoms with Gasteiger partial charge in [-0.3, -0.25) is 14.7 Å². The summed E-state index contributed by atoms with van der Waals surface area (Å²) in [6, 6.07) is 14.1. The summed E-state index contributed by atoms with van der Waals surface area (Å²) in [6.07, 6.45) is 1.61. The van der Waals surface area contributed by atoms with Gasteiger partial charge in [-0.2, -0.15) is 0 Å². The molecule has 0 N–H and O–H groups in total. The number of methoxy groups -OCH3 is 1. The number of benzene rings is 2. The lowest BCUT2D eigenvalue weighted by Gasteiger charge is -2.19. The van der Waals surface area contributed by atoms with Crippen LogP contribution in [0.2, 0.25) is 0 Å². The Morgan fingerprint density at radius 3 is 2.71 bits per heavy atom. The maximum Gasteiger partial charge on any atom is 0.267 e. The highest BCUT2D eigenvalue weighted by molar-refractivity contribution is 7.22. The summed E-state index contributed by atoms with van der Waals surface area (Å²) in [5, 5.41) is 0.226. The molecule has 9 heteroatoms. The van der Waals surface area contributed by atoms with E-state index in [9.17, 15) is 13.6 Å². The molecule has 0 aliphatic carbocycles. The molecule has 0 spiro atoms. The van der Waals surface area contributed by atoms with E-state index in [0.717, 1.165) is 17.4 Å². The van der Waals surface area contributed by atoms with Gasteiger partial charge in [-0.05, 0) is 30.3 Å². The molecule has 0 bridgehead atoms. The minimum atomic E-state index is -0.782. The van der Waals surface area contributed by atoms with Crippen LogP contribution in [0.15, 0.2) is 60.8 Å². The number of hydrogen-bond acceptors (Lipinski definition) is 6. The number of pyridine rings is 1. The number of amides is 1. The lowest BCUT2D eigenvalue weighted by molar-refractivity contribution is -0.120. The molecule has 4 aromatic rings. The number of nitrogens with zero attached hydrogens (tertiary/aromatic N) is 3. The summed E-state index contributed by atoms with van der Waals surface area (Å²) in [7, 11) is 1.54. The van der Waals surface area contributed by atoms with Crippen molar-refractivity contribution in [3.8, 4) is 11.5 Å². The third-order valence-electron chi connectivity index (χ3n) is 4.38. The van der Waals surface area contributed by atoms with Crippen LogP contribution in [-0.4, -0.2) is 29.6 Å². The van der Waals surface area contributed by atoms with Crippen LogP contribution >= 0.6 is 11.3 Å². The number of halogens is 2. The van der Waals surface area contributed by atoms with Crippen LogP contribution in [-0.2, 0) is 11.3 Å². The van der Waals surface area contributed by atoms with Crippen molar-refractivity contribution >= 4 is 32.6 Å². The highest BCUT2D eigenvalue weighted by Gasteiger charge is 2.23. The lowest BCUT2D eigenvalue weighted by Crippen LogP contribution is -2.34. The second-order valence-corrected chi connectivity index (χ2v) is 7.51. The number of hydrogen-bond donors (Lipinski definition) is 0. The molecule has 2 aromatic heterocycles. The van der Waals surface area contributed by atoms with E-state index in [-0.39, 0.29) is 23.8 Å². The third-order valence-corrected chi connectivity index (χ3v) is 5.41. The fourth-order valence-electron chi connectivity index (χ4n) is 2.89. The van der Waals surface area contributed by atoms with E-state index in [0.29, 0.717) is 21.9 Å². The second-order valence-electron chi connectivity index (χ2n) is 6.50. The maximum absolute atomic E-state index is 14.1. The van der Waals surface area contributed by atoms with Crippen molar-refractivity contribution in [2.45, 2.75) is 6.54 Å². The summed E-state index contributed by atoms with van der Waals surface area (Å²) in [4.78, 5) is 22.9. The first-order valence-electron chi connectivity index (χ1n) is 9.26. The van der Waals surface area contributed by atoms with E-state index in [1.54, 1.807) is 48.7 Å². The van der Waals surface area contributed by atoms with Crippen LogP contribution in [0.4, 0.5) is 13.9 Å². The first-order chi connectivity index (χ1) is 15.0. The number of fused-ring (bicyclic) bond motifs is 1. The number of carbonyl (C=O) groups is 1. The van der Waals surface area contributed by atoms with Crippen LogP contribution in [0.3, 0.4) is 0 Å². The van der Waals surface area contributed by atoms with Crippen molar-refractivity contribution in [3.63, 3.8) is 0 Å². The molecular formula is C22H17F2N3O3S. The monoisotopic (exact) mass is 441 g/mol. The van der Waals surface area contributed by atoms with Gasteiger partial charge in [0.2, 0.25) is 0 Å². The fourth-order valence-corrected chi connectivity index (χ4v) is 3.91. The lowest BCUT2D eigenvalue weighted by atomic mass is 10.3. The largest absolute Gasteiger partial charge is 0.497 e. The summed E-state index contributed by atoms with van der Waals surface area (Å²) < 4.78 is 38.8. The molecule has 4 rings (SSSR count). The van der Waals surface area contributed by atoms with Gasteiger partial charge in [0.25, 0.3) is 5.91 Å². The molecule has 0 aliphatic heterocycles. The average molecular weight is 441 g/mol. The molecule has 1 amide bonds. The van der Waals surface area contributed by atoms with E-state index < -0.39 is 17.5 Å². The normalized spacial score (nSPS) is 10.8. The molecule has 0 saturated heterocycles. The van der Waals surface area contributed by atoms with Crippen molar-refractivity contribution in [1.82, 2.24) is 9.97 Å². The van der Waals surface area contributed by atoms with Gasteiger partial charge in [-0.25, -0.2) is 13.8 Å². The Hall–Kier alpha value is -3.59. The van der Waals surface area contributed by atoms with Gasteiger partial charge in [0, 0.05) is 18.3 Å². The fraction of sp³-hybridized carbons (Fsp3) is 0.136. The SMILES string of the molecule is COc1cccc(OCC(=O)N(Cc2ccccn2)c2nc3c(F)cc(F)cc3s2)c1. The van der Waals surface area contributed by atoms with E-state index >= 15 is 0 Å². The Kier molecular flexibility index (Phi) is 6.03. The van der Waals surface area contributed by atoms with Crippen LogP contribution < -0.4 is 14.4 Å². The minimum Gasteiger partial charge on any atom is -0.497 e. The molecule has 6 nitrogen and oxygen atoms in total. The zero-order valence-electron chi connectivity index (χ0n) is 16.4. The molecule has 0 radical (unpaired) electrons. The zero-order valence-corrected chi connectivity index (χ0v) is 17.2. The molecule has 31 heavy (non-hydrogen) atoms. The Balaban J connectivity index is 1.62. The minimum absolute atomic E-state index is 0.00827. The Morgan fingerprint density at radius 2 is 1.94 bits per heavy atom. The topological polar surface area (TPSA) is 64.6 Å². The molecule has 0 atom stereocenters. The number of thiazole rings is 1. The molecule has 0 aliphatic rings. The highest BCUT2D eigenvalue weighted by atomic mass is 32.1. The van der Waals surface area contributed by atoms with E-state index in [1.807, 2.05) is 0 Å². The van der Waals surface area contributed by atoms with Crippen molar-refractivity contribution in [3.05, 3.63) is 78.1 Å². The second kappa shape index (κ2) is 9.05. The molecule has 0 fully saturated rings. The Bertz CT molecular complexity index is 1220. The predicted molar refractivity (Wildman–Crippen MR) is 113 cm³/mol. The number of aromatic nitrogens is 2. The first kappa shape index (κ1) is 20.7. The number of ether oxygens (including phenoxy) is 2. The zero-order chi connectivity index (χ0) is 21.8. The molecule has 0 saturated carbocycles. The molecular weight excluding hydrogens is 424 g/mol. The van der Waals surface area contributed by atoms with Crippen molar-refractivity contribution < 1.29 is 23.0 Å². The highest BCUT2D eigenvalue weighted by Crippen LogP contribution is 2.32. The van der Waals surface area contributed by atoms with Gasteiger partial charge in [0.05, 0.1) is 24.0 Å². The van der Waals surface area contributed by atoms with Crippen molar-refractivity contribution in [2.75, 3.05) is 18.6 Å². The molecule has 2 heterocycles. The Morgan fingerprint density at radius 1 is 1.10 bits per heavy atom. The maximum atomic E-state index is 14.1. The molecule has 2 aromatic carbocycles. The van der Waals surface area contributed by atoms with Crippen molar-refractivity contribution in [2.24, 2.45) is 0 Å². The summed E-state index contributed by atoms with van der Waals surface area (Å²) in [5.41, 5.74) is 0.622. The standard InChI is InChI=1S/C22H17F2N3O3S/c1-29-16-6-4-7-17(11-16)30-13-20(28)27(12-15-5-2-3-8-25-15)22-26-21-18(24)9-14(23)10-19(21)31-22/h2-11H,12-13H2,1H3. The summed E-state index contributed by atoms with van der Waals surface area (Å²) >= 11 is 1.02. The van der Waals surface area contributed by atoms with Crippen LogP contribution in [0.5, 0.6) is 11.5 Å². The predicted octanol–water partition coefficient (Wildman–Crippen LogP) is 4.59. The van der Waals surface area contributed by atoms with Gasteiger partial charge < -0.3 is 9.47 Å². The van der Waals surface area contributed by atoms with E-state index in [4.69, 9.17) is 9.47 Å². The Labute approximate surface area is 180 Å². The summed E-state index contributed by atoms with van der Waals surface area (Å²) in [5.74, 6) is -0.838. The van der Waals surface area contributed by atoms with Crippen molar-refractivity contribution in [1.29, 1.82) is 0 Å². The quantitative estimate of drug-likeness (QED) is 0.420. The number of carbonyl (C=O) groups excluding carboxylic acids is 1. The van der Waals surface area contributed by atoms with Gasteiger partial charge in [-0.15, -0.1) is 0 Å². The first-order valence-corrected chi connectivity index (χ1v) is 10.1. The van der Waals surface area contributed by atoms with E-state index in [2.05, 4.69) is 9.97 Å². The van der Waals surface area contributed by atoms with Gasteiger partial charge in [-0.1, -0.05) is 23.5 Å². The summed E-state index contributed by atoms with van der Waals surface area (Å²) in [6.45, 7) is -0.183. The van der Waals surface area contributed by atoms with Crippen LogP contribution in [0, 0.1) is 11.6 Å². The van der Waals surface area contributed by atoms with Crippen LogP contribution in [0.1, 0.15) is 5.69 Å². The molecule has 158 valence electrons. The molecule has 0 unspecified atom stereocenters. The van der Waals surface area contributed by atoms with Gasteiger partial charge in [0.1, 0.15) is 22.8 Å². The number of anilines is 1. The van der Waals surface area contributed by atoms with Gasteiger partial charge in [0.15, 0.2) is 17.6 Å². The average Bonchev–Trinajstić information content (AvgIpc) is 3.20. The smallest absolute Gasteiger partial charge is 0.267 e. The van der Waals surface area contributed by atoms with Gasteiger partial charge >= 0.3 is 0 Å². The van der Waals surface area contributed by atoms with E-state index in [1.165, 1.54) is 18.1 Å². The number of rotatable bonds is 7.